The molecule has 1 atom stereocenters. The molecule has 0 radical (unpaired) electrons. The zero-order valence-corrected chi connectivity index (χ0v) is 11.8. The molecule has 0 heterocycles. The molecule has 0 spiro atoms. The highest BCUT2D eigenvalue weighted by Crippen LogP contribution is 2.32. The molecule has 0 aliphatic rings. The maximum atomic E-state index is 10.8. The van der Waals surface area contributed by atoms with Crippen LogP contribution in [0.1, 0.15) is 26.3 Å². The number of nitro groups is 1. The first-order chi connectivity index (χ1) is 8.86. The second-order valence-corrected chi connectivity index (χ2v) is 5.91. The first-order valence-electron chi connectivity index (χ1n) is 5.79. The van der Waals surface area contributed by atoms with E-state index in [9.17, 15) is 10.1 Å². The monoisotopic (exact) mass is 283 g/mol. The van der Waals surface area contributed by atoms with Gasteiger partial charge in [-0.2, -0.15) is 0 Å². The van der Waals surface area contributed by atoms with Crippen molar-refractivity contribution in [3.05, 3.63) is 33.9 Å². The molecule has 0 aliphatic carbocycles. The van der Waals surface area contributed by atoms with Gasteiger partial charge in [-0.05, 0) is 12.0 Å². The number of rotatable bonds is 5. The SMILES string of the molecule is CC(C)C(C)Sc1ccc([N+](=O)[O-])cc1/C(N)=N/O. The highest BCUT2D eigenvalue weighted by Gasteiger charge is 2.17. The van der Waals surface area contributed by atoms with Gasteiger partial charge in [0.25, 0.3) is 5.69 Å². The Morgan fingerprint density at radius 2 is 2.11 bits per heavy atom. The van der Waals surface area contributed by atoms with Gasteiger partial charge in [-0.15, -0.1) is 11.8 Å². The Hall–Kier alpha value is -1.76. The van der Waals surface area contributed by atoms with Gasteiger partial charge in [0.2, 0.25) is 0 Å². The summed E-state index contributed by atoms with van der Waals surface area (Å²) in [7, 11) is 0. The molecule has 1 aromatic rings. The molecule has 0 fully saturated rings. The van der Waals surface area contributed by atoms with E-state index in [2.05, 4.69) is 25.9 Å². The minimum Gasteiger partial charge on any atom is -0.409 e. The van der Waals surface area contributed by atoms with Crippen LogP contribution in [0.3, 0.4) is 0 Å². The number of benzene rings is 1. The van der Waals surface area contributed by atoms with Crippen molar-refractivity contribution in [2.75, 3.05) is 0 Å². The lowest BCUT2D eigenvalue weighted by Crippen LogP contribution is -2.16. The fourth-order valence-electron chi connectivity index (χ4n) is 1.32. The zero-order chi connectivity index (χ0) is 14.6. The number of hydrogen-bond donors (Lipinski definition) is 2. The smallest absolute Gasteiger partial charge is 0.270 e. The van der Waals surface area contributed by atoms with Crippen LogP contribution in [0.5, 0.6) is 0 Å². The van der Waals surface area contributed by atoms with Crippen molar-refractivity contribution in [3.63, 3.8) is 0 Å². The molecule has 0 amide bonds. The van der Waals surface area contributed by atoms with Crippen molar-refractivity contribution in [2.45, 2.75) is 30.9 Å². The van der Waals surface area contributed by atoms with Crippen LogP contribution in [0.2, 0.25) is 0 Å². The molecule has 0 bridgehead atoms. The van der Waals surface area contributed by atoms with Crippen molar-refractivity contribution in [1.29, 1.82) is 0 Å². The van der Waals surface area contributed by atoms with Crippen LogP contribution in [0.4, 0.5) is 5.69 Å². The van der Waals surface area contributed by atoms with E-state index < -0.39 is 4.92 Å². The van der Waals surface area contributed by atoms with Crippen molar-refractivity contribution in [3.8, 4) is 0 Å². The van der Waals surface area contributed by atoms with Crippen molar-refractivity contribution in [1.82, 2.24) is 0 Å². The Morgan fingerprint density at radius 3 is 2.58 bits per heavy atom. The van der Waals surface area contributed by atoms with E-state index in [0.29, 0.717) is 16.7 Å². The second-order valence-electron chi connectivity index (χ2n) is 4.49. The third kappa shape index (κ3) is 3.85. The Bertz CT molecular complexity index is 503. The number of non-ortho nitro benzene ring substituents is 1. The van der Waals surface area contributed by atoms with Gasteiger partial charge in [-0.3, -0.25) is 10.1 Å². The van der Waals surface area contributed by atoms with Gasteiger partial charge in [0.05, 0.1) is 4.92 Å². The third-order valence-corrected chi connectivity index (χ3v) is 4.34. The van der Waals surface area contributed by atoms with Gasteiger partial charge >= 0.3 is 0 Å². The molecule has 104 valence electrons. The summed E-state index contributed by atoms with van der Waals surface area (Å²) >= 11 is 1.55. The minimum atomic E-state index is -0.505. The quantitative estimate of drug-likeness (QED) is 0.216. The normalized spacial score (nSPS) is 13.6. The topological polar surface area (TPSA) is 102 Å². The highest BCUT2D eigenvalue weighted by atomic mass is 32.2. The molecular weight excluding hydrogens is 266 g/mol. The average molecular weight is 283 g/mol. The molecule has 3 N–H and O–H groups in total. The predicted octanol–water partition coefficient (Wildman–Crippen LogP) is 2.83. The molecule has 0 saturated carbocycles. The molecule has 1 rings (SSSR count). The summed E-state index contributed by atoms with van der Waals surface area (Å²) in [6.45, 7) is 6.24. The Morgan fingerprint density at radius 1 is 1.47 bits per heavy atom. The lowest BCUT2D eigenvalue weighted by atomic mass is 10.1. The summed E-state index contributed by atoms with van der Waals surface area (Å²) in [5, 5.41) is 22.8. The molecule has 0 aromatic heterocycles. The van der Waals surface area contributed by atoms with E-state index in [1.807, 2.05) is 0 Å². The molecule has 1 unspecified atom stereocenters. The fourth-order valence-corrected chi connectivity index (χ4v) is 2.43. The summed E-state index contributed by atoms with van der Waals surface area (Å²) < 4.78 is 0. The van der Waals surface area contributed by atoms with E-state index >= 15 is 0 Å². The number of amidine groups is 1. The summed E-state index contributed by atoms with van der Waals surface area (Å²) in [6.07, 6.45) is 0. The van der Waals surface area contributed by atoms with Gasteiger partial charge in [0.1, 0.15) is 0 Å². The second kappa shape index (κ2) is 6.42. The number of oxime groups is 1. The van der Waals surface area contributed by atoms with E-state index in [1.165, 1.54) is 12.1 Å². The summed E-state index contributed by atoms with van der Waals surface area (Å²) in [4.78, 5) is 11.0. The van der Waals surface area contributed by atoms with E-state index in [1.54, 1.807) is 17.8 Å². The number of nitro benzene ring substituents is 1. The number of thioether (sulfide) groups is 1. The van der Waals surface area contributed by atoms with Gasteiger partial charge < -0.3 is 10.9 Å². The zero-order valence-electron chi connectivity index (χ0n) is 11.0. The van der Waals surface area contributed by atoms with E-state index in [4.69, 9.17) is 10.9 Å². The lowest BCUT2D eigenvalue weighted by molar-refractivity contribution is -0.384. The van der Waals surface area contributed by atoms with Gasteiger partial charge in [-0.1, -0.05) is 25.9 Å². The molecular formula is C12H17N3O3S. The first-order valence-corrected chi connectivity index (χ1v) is 6.67. The maximum Gasteiger partial charge on any atom is 0.270 e. The lowest BCUT2D eigenvalue weighted by Gasteiger charge is -2.16. The number of nitrogens with zero attached hydrogens (tertiary/aromatic N) is 2. The van der Waals surface area contributed by atoms with Crippen LogP contribution >= 0.6 is 11.8 Å². The Kier molecular flexibility index (Phi) is 5.17. The molecule has 19 heavy (non-hydrogen) atoms. The van der Waals surface area contributed by atoms with E-state index in [0.717, 1.165) is 4.90 Å². The highest BCUT2D eigenvalue weighted by molar-refractivity contribution is 8.00. The summed E-state index contributed by atoms with van der Waals surface area (Å²) in [6, 6.07) is 4.38. The van der Waals surface area contributed by atoms with Gasteiger partial charge in [-0.25, -0.2) is 0 Å². The Balaban J connectivity index is 3.20. The summed E-state index contributed by atoms with van der Waals surface area (Å²) in [5.41, 5.74) is 5.88. The maximum absolute atomic E-state index is 10.8. The Labute approximate surface area is 115 Å². The van der Waals surface area contributed by atoms with Crippen LogP contribution in [-0.4, -0.2) is 21.2 Å². The molecule has 0 aliphatic heterocycles. The minimum absolute atomic E-state index is 0.0804. The fraction of sp³-hybridized carbons (Fsp3) is 0.417. The van der Waals surface area contributed by atoms with Gasteiger partial charge in [0.15, 0.2) is 5.84 Å². The number of hydrogen-bond acceptors (Lipinski definition) is 5. The van der Waals surface area contributed by atoms with Crippen LogP contribution in [0.25, 0.3) is 0 Å². The molecule has 6 nitrogen and oxygen atoms in total. The summed E-state index contributed by atoms with van der Waals surface area (Å²) in [5.74, 6) is 0.322. The van der Waals surface area contributed by atoms with Crippen molar-refractivity contribution < 1.29 is 10.1 Å². The van der Waals surface area contributed by atoms with E-state index in [-0.39, 0.29) is 11.5 Å². The largest absolute Gasteiger partial charge is 0.409 e. The number of nitrogens with two attached hydrogens (primary N) is 1. The van der Waals surface area contributed by atoms with Crippen molar-refractivity contribution in [2.24, 2.45) is 16.8 Å². The van der Waals surface area contributed by atoms with Gasteiger partial charge in [0, 0.05) is 27.8 Å². The standard InChI is InChI=1S/C12H17N3O3S/c1-7(2)8(3)19-11-5-4-9(15(17)18)6-10(11)12(13)14-16/h4-8,16H,1-3H3,(H2,13,14). The van der Waals surface area contributed by atoms with Crippen molar-refractivity contribution >= 4 is 23.3 Å². The first kappa shape index (κ1) is 15.3. The van der Waals surface area contributed by atoms with Crippen LogP contribution in [-0.2, 0) is 0 Å². The average Bonchev–Trinajstić information content (AvgIpc) is 2.37. The molecule has 7 heteroatoms. The third-order valence-electron chi connectivity index (χ3n) is 2.81. The molecule has 0 saturated heterocycles. The van der Waals surface area contributed by atoms with Crippen LogP contribution < -0.4 is 5.73 Å². The van der Waals surface area contributed by atoms with Crippen LogP contribution in [0.15, 0.2) is 28.3 Å². The van der Waals surface area contributed by atoms with Crippen LogP contribution in [0, 0.1) is 16.0 Å². The molecule has 1 aromatic carbocycles. The predicted molar refractivity (Wildman–Crippen MR) is 75.8 cm³/mol.